The molecule has 1 aliphatic rings. The van der Waals surface area contributed by atoms with Crippen molar-refractivity contribution in [2.24, 2.45) is 0 Å². The molecular weight excluding hydrogens is 264 g/mol. The molecule has 0 radical (unpaired) electrons. The Labute approximate surface area is 118 Å². The van der Waals surface area contributed by atoms with Crippen molar-refractivity contribution < 1.29 is 24.2 Å². The largest absolute Gasteiger partial charge is 0.481 e. The summed E-state index contributed by atoms with van der Waals surface area (Å²) in [6.45, 7) is 3.45. The van der Waals surface area contributed by atoms with Crippen LogP contribution in [0, 0.1) is 0 Å². The minimum Gasteiger partial charge on any atom is -0.481 e. The summed E-state index contributed by atoms with van der Waals surface area (Å²) in [7, 11) is 0. The highest BCUT2D eigenvalue weighted by Gasteiger charge is 2.23. The molecule has 114 valence electrons. The van der Waals surface area contributed by atoms with E-state index in [4.69, 9.17) is 9.84 Å². The quantitative estimate of drug-likeness (QED) is 0.709. The molecule has 1 rings (SSSR count). The topological polar surface area (TPSA) is 95.9 Å². The summed E-state index contributed by atoms with van der Waals surface area (Å²) in [6, 6.07) is -0.394. The number of ether oxygens (including phenoxy) is 1. The Bertz CT molecular complexity index is 359. The summed E-state index contributed by atoms with van der Waals surface area (Å²) in [5.41, 5.74) is 0. The molecule has 0 spiro atoms. The third-order valence-corrected chi connectivity index (χ3v) is 3.17. The maximum atomic E-state index is 11.9. The van der Waals surface area contributed by atoms with Gasteiger partial charge in [-0.2, -0.15) is 0 Å². The van der Waals surface area contributed by atoms with Gasteiger partial charge >= 0.3 is 12.0 Å². The zero-order valence-electron chi connectivity index (χ0n) is 11.8. The van der Waals surface area contributed by atoms with Crippen LogP contribution >= 0.6 is 0 Å². The average molecular weight is 286 g/mol. The second kappa shape index (κ2) is 8.52. The Kier molecular flexibility index (Phi) is 7.00. The van der Waals surface area contributed by atoms with Crippen molar-refractivity contribution >= 4 is 17.9 Å². The fourth-order valence-electron chi connectivity index (χ4n) is 1.97. The minimum atomic E-state index is -0.875. The molecule has 1 fully saturated rings. The number of nitrogens with zero attached hydrogens (tertiary/aromatic N) is 1. The van der Waals surface area contributed by atoms with Crippen LogP contribution in [-0.4, -0.2) is 53.7 Å². The summed E-state index contributed by atoms with van der Waals surface area (Å²) in [4.78, 5) is 35.3. The Morgan fingerprint density at radius 2 is 2.00 bits per heavy atom. The van der Waals surface area contributed by atoms with Crippen molar-refractivity contribution in [3.63, 3.8) is 0 Å². The smallest absolute Gasteiger partial charge is 0.324 e. The van der Waals surface area contributed by atoms with Gasteiger partial charge in [0, 0.05) is 25.9 Å². The van der Waals surface area contributed by atoms with Crippen molar-refractivity contribution in [1.82, 2.24) is 10.2 Å². The van der Waals surface area contributed by atoms with Gasteiger partial charge in [0.25, 0.3) is 0 Å². The van der Waals surface area contributed by atoms with E-state index in [9.17, 15) is 14.4 Å². The zero-order chi connectivity index (χ0) is 15.0. The number of carboxylic acid groups (broad SMARTS) is 1. The molecule has 7 nitrogen and oxygen atoms in total. The lowest BCUT2D eigenvalue weighted by Crippen LogP contribution is -2.50. The fraction of sp³-hybridized carbons (Fsp3) is 0.769. The molecule has 1 atom stereocenters. The van der Waals surface area contributed by atoms with Gasteiger partial charge in [-0.25, -0.2) is 4.79 Å². The lowest BCUT2D eigenvalue weighted by molar-refractivity contribution is -0.137. The van der Waals surface area contributed by atoms with Crippen molar-refractivity contribution in [2.75, 3.05) is 19.7 Å². The lowest BCUT2D eigenvalue weighted by Gasteiger charge is -2.32. The van der Waals surface area contributed by atoms with Crippen LogP contribution in [0.4, 0.5) is 4.79 Å². The van der Waals surface area contributed by atoms with E-state index in [1.807, 2.05) is 6.92 Å². The van der Waals surface area contributed by atoms with E-state index in [1.54, 1.807) is 4.90 Å². The number of urea groups is 1. The first-order valence-corrected chi connectivity index (χ1v) is 6.95. The van der Waals surface area contributed by atoms with Gasteiger partial charge in [0.1, 0.15) is 0 Å². The predicted octanol–water partition coefficient (Wildman–Crippen LogP) is 0.978. The third kappa shape index (κ3) is 6.01. The van der Waals surface area contributed by atoms with Gasteiger partial charge in [-0.3, -0.25) is 14.9 Å². The highest BCUT2D eigenvalue weighted by atomic mass is 16.5. The number of nitrogens with one attached hydrogen (secondary N) is 1. The van der Waals surface area contributed by atoms with Crippen LogP contribution in [0.25, 0.3) is 0 Å². The van der Waals surface area contributed by atoms with E-state index >= 15 is 0 Å². The second-order valence-corrected chi connectivity index (χ2v) is 4.80. The number of rotatable bonds is 6. The molecule has 0 saturated carbocycles. The molecule has 7 heteroatoms. The molecule has 0 aliphatic carbocycles. The zero-order valence-corrected chi connectivity index (χ0v) is 11.8. The summed E-state index contributed by atoms with van der Waals surface area (Å²) in [5, 5.41) is 10.8. The van der Waals surface area contributed by atoms with Gasteiger partial charge in [0.05, 0.1) is 12.7 Å². The SMILES string of the molecule is CCC1CN(C(=O)NC(=O)CCCCC(=O)O)CCO1. The highest BCUT2D eigenvalue weighted by Crippen LogP contribution is 2.08. The molecule has 1 aliphatic heterocycles. The number of hydrogen-bond donors (Lipinski definition) is 2. The Morgan fingerprint density at radius 3 is 2.65 bits per heavy atom. The van der Waals surface area contributed by atoms with E-state index in [-0.39, 0.29) is 24.9 Å². The van der Waals surface area contributed by atoms with Gasteiger partial charge in [0.15, 0.2) is 0 Å². The molecule has 20 heavy (non-hydrogen) atoms. The van der Waals surface area contributed by atoms with Crippen molar-refractivity contribution in [2.45, 2.75) is 45.1 Å². The lowest BCUT2D eigenvalue weighted by atomic mass is 10.2. The van der Waals surface area contributed by atoms with E-state index in [0.717, 1.165) is 6.42 Å². The van der Waals surface area contributed by atoms with Gasteiger partial charge < -0.3 is 14.7 Å². The standard InChI is InChI=1S/C13H22N2O5/c1-2-10-9-15(7-8-20-10)13(19)14-11(16)5-3-4-6-12(17)18/h10H,2-9H2,1H3,(H,17,18)(H,14,16,19). The number of aliphatic carboxylic acids is 1. The average Bonchev–Trinajstić information content (AvgIpc) is 2.43. The number of carbonyl (C=O) groups excluding carboxylic acids is 2. The van der Waals surface area contributed by atoms with Crippen LogP contribution in [0.1, 0.15) is 39.0 Å². The van der Waals surface area contributed by atoms with E-state index in [1.165, 1.54) is 0 Å². The first kappa shape index (κ1) is 16.4. The van der Waals surface area contributed by atoms with Gasteiger partial charge in [-0.05, 0) is 19.3 Å². The minimum absolute atomic E-state index is 0.0279. The van der Waals surface area contributed by atoms with Crippen LogP contribution in [-0.2, 0) is 14.3 Å². The summed E-state index contributed by atoms with van der Waals surface area (Å²) >= 11 is 0. The maximum Gasteiger partial charge on any atom is 0.324 e. The number of amides is 3. The molecule has 0 aromatic heterocycles. The number of unbranched alkanes of at least 4 members (excludes halogenated alkanes) is 1. The van der Waals surface area contributed by atoms with Crippen LogP contribution in [0.2, 0.25) is 0 Å². The van der Waals surface area contributed by atoms with Gasteiger partial charge in [0.2, 0.25) is 5.91 Å². The van der Waals surface area contributed by atoms with Crippen molar-refractivity contribution in [3.8, 4) is 0 Å². The molecule has 0 bridgehead atoms. The molecule has 3 amide bonds. The second-order valence-electron chi connectivity index (χ2n) is 4.80. The molecule has 0 aromatic carbocycles. The van der Waals surface area contributed by atoms with Crippen LogP contribution in [0.15, 0.2) is 0 Å². The molecular formula is C13H22N2O5. The van der Waals surface area contributed by atoms with Crippen LogP contribution in [0.3, 0.4) is 0 Å². The Morgan fingerprint density at radius 1 is 1.30 bits per heavy atom. The summed E-state index contributed by atoms with van der Waals surface area (Å²) in [5.74, 6) is -1.24. The van der Waals surface area contributed by atoms with Gasteiger partial charge in [-0.1, -0.05) is 6.92 Å². The number of hydrogen-bond acceptors (Lipinski definition) is 4. The van der Waals surface area contributed by atoms with Crippen LogP contribution < -0.4 is 5.32 Å². The first-order chi connectivity index (χ1) is 9.52. The fourth-order valence-corrected chi connectivity index (χ4v) is 1.97. The Balaban J connectivity index is 2.23. The van der Waals surface area contributed by atoms with Crippen molar-refractivity contribution in [1.29, 1.82) is 0 Å². The molecule has 1 heterocycles. The third-order valence-electron chi connectivity index (χ3n) is 3.17. The molecule has 1 saturated heterocycles. The van der Waals surface area contributed by atoms with E-state index in [2.05, 4.69) is 5.32 Å². The normalized spacial score (nSPS) is 18.6. The number of morpholine rings is 1. The van der Waals surface area contributed by atoms with Gasteiger partial charge in [-0.15, -0.1) is 0 Å². The van der Waals surface area contributed by atoms with Crippen LogP contribution in [0.5, 0.6) is 0 Å². The Hall–Kier alpha value is -1.63. The molecule has 1 unspecified atom stereocenters. The highest BCUT2D eigenvalue weighted by molar-refractivity contribution is 5.94. The number of carbonyl (C=O) groups is 3. The van der Waals surface area contributed by atoms with E-state index < -0.39 is 12.0 Å². The van der Waals surface area contributed by atoms with Crippen molar-refractivity contribution in [3.05, 3.63) is 0 Å². The summed E-state index contributed by atoms with van der Waals surface area (Å²) < 4.78 is 5.45. The first-order valence-electron chi connectivity index (χ1n) is 6.95. The monoisotopic (exact) mass is 286 g/mol. The summed E-state index contributed by atoms with van der Waals surface area (Å²) in [6.07, 6.45) is 1.97. The number of imide groups is 1. The molecule has 0 aromatic rings. The maximum absolute atomic E-state index is 11.9. The predicted molar refractivity (Wildman–Crippen MR) is 71.2 cm³/mol. The number of carboxylic acids is 1. The molecule has 2 N–H and O–H groups in total. The van der Waals surface area contributed by atoms with E-state index in [0.29, 0.717) is 32.5 Å².